The van der Waals surface area contributed by atoms with Crippen molar-refractivity contribution < 1.29 is 19.0 Å². The Hall–Kier alpha value is -1.75. The monoisotopic (exact) mass is 265 g/mol. The van der Waals surface area contributed by atoms with Crippen molar-refractivity contribution in [3.05, 3.63) is 23.8 Å². The molecule has 0 amide bonds. The molecule has 1 aliphatic rings. The number of carbonyl (C=O) groups excluding carboxylic acids is 1. The number of fused-ring (bicyclic) bond motifs is 1. The minimum absolute atomic E-state index is 0.0860. The van der Waals surface area contributed by atoms with E-state index in [9.17, 15) is 4.79 Å². The molecule has 5 heteroatoms. The first-order valence-corrected chi connectivity index (χ1v) is 6.23. The number of nitrogens with two attached hydrogens (primary N) is 1. The number of ether oxygens (including phenoxy) is 3. The number of esters is 1. The van der Waals surface area contributed by atoms with E-state index in [4.69, 9.17) is 19.9 Å². The van der Waals surface area contributed by atoms with Gasteiger partial charge in [-0.05, 0) is 38.0 Å². The lowest BCUT2D eigenvalue weighted by molar-refractivity contribution is -0.162. The van der Waals surface area contributed by atoms with Gasteiger partial charge >= 0.3 is 5.97 Å². The summed E-state index contributed by atoms with van der Waals surface area (Å²) in [6.07, 6.45) is 0.769. The lowest BCUT2D eigenvalue weighted by Crippen LogP contribution is -2.49. The Bertz CT molecular complexity index is 486. The summed E-state index contributed by atoms with van der Waals surface area (Å²) in [7, 11) is 1.33. The van der Waals surface area contributed by atoms with Crippen LogP contribution in [0.5, 0.6) is 11.5 Å². The fourth-order valence-electron chi connectivity index (χ4n) is 2.05. The van der Waals surface area contributed by atoms with Crippen molar-refractivity contribution in [3.63, 3.8) is 0 Å². The fraction of sp³-hybridized carbons (Fsp3) is 0.500. The molecular formula is C14H19NO4. The van der Waals surface area contributed by atoms with E-state index in [2.05, 4.69) is 0 Å². The molecule has 2 rings (SSSR count). The largest absolute Gasteiger partial charge is 0.485 e. The lowest BCUT2D eigenvalue weighted by Gasteiger charge is -2.33. The molecular weight excluding hydrogens is 246 g/mol. The molecule has 2 unspecified atom stereocenters. The summed E-state index contributed by atoms with van der Waals surface area (Å²) in [5.41, 5.74) is 5.76. The van der Waals surface area contributed by atoms with Crippen molar-refractivity contribution in [3.8, 4) is 11.5 Å². The summed E-state index contributed by atoms with van der Waals surface area (Å²) in [5.74, 6) is 0.741. The predicted octanol–water partition coefficient (Wildman–Crippen LogP) is 1.28. The highest BCUT2D eigenvalue weighted by Gasteiger charge is 2.41. The fourth-order valence-corrected chi connectivity index (χ4v) is 2.05. The Morgan fingerprint density at radius 3 is 2.89 bits per heavy atom. The molecule has 0 bridgehead atoms. The zero-order valence-corrected chi connectivity index (χ0v) is 11.4. The molecule has 19 heavy (non-hydrogen) atoms. The Morgan fingerprint density at radius 1 is 1.53 bits per heavy atom. The van der Waals surface area contributed by atoms with Gasteiger partial charge in [-0.3, -0.25) is 0 Å². The molecule has 0 aliphatic carbocycles. The Labute approximate surface area is 112 Å². The minimum atomic E-state index is -1.09. The van der Waals surface area contributed by atoms with Gasteiger partial charge in [0.1, 0.15) is 6.61 Å². The van der Waals surface area contributed by atoms with Crippen LogP contribution in [-0.4, -0.2) is 31.3 Å². The summed E-state index contributed by atoms with van der Waals surface area (Å²) in [4.78, 5) is 11.7. The number of hydrogen-bond donors (Lipinski definition) is 1. The van der Waals surface area contributed by atoms with Gasteiger partial charge in [-0.15, -0.1) is 0 Å². The van der Waals surface area contributed by atoms with E-state index < -0.39 is 11.6 Å². The zero-order chi connectivity index (χ0) is 14.0. The molecule has 2 atom stereocenters. The van der Waals surface area contributed by atoms with Crippen LogP contribution < -0.4 is 15.2 Å². The van der Waals surface area contributed by atoms with Gasteiger partial charge in [-0.2, -0.15) is 0 Å². The van der Waals surface area contributed by atoms with Gasteiger partial charge < -0.3 is 19.9 Å². The third kappa shape index (κ3) is 2.81. The van der Waals surface area contributed by atoms with E-state index >= 15 is 0 Å². The molecule has 0 fully saturated rings. The van der Waals surface area contributed by atoms with E-state index in [1.165, 1.54) is 7.11 Å². The van der Waals surface area contributed by atoms with E-state index in [1.54, 1.807) is 13.0 Å². The van der Waals surface area contributed by atoms with Crippen LogP contribution in [-0.2, 0) is 16.0 Å². The molecule has 1 heterocycles. The average Bonchev–Trinajstić information content (AvgIpc) is 2.37. The SMILES string of the molecule is COC(=O)C1(C)COc2cc(CC(C)N)ccc2O1. The lowest BCUT2D eigenvalue weighted by atomic mass is 10.0. The maximum Gasteiger partial charge on any atom is 0.353 e. The van der Waals surface area contributed by atoms with Crippen LogP contribution in [0.15, 0.2) is 18.2 Å². The van der Waals surface area contributed by atoms with Crippen LogP contribution in [0.4, 0.5) is 0 Å². The van der Waals surface area contributed by atoms with Crippen LogP contribution >= 0.6 is 0 Å². The van der Waals surface area contributed by atoms with Crippen molar-refractivity contribution in [2.24, 2.45) is 5.73 Å². The van der Waals surface area contributed by atoms with Crippen molar-refractivity contribution in [1.29, 1.82) is 0 Å². The molecule has 2 N–H and O–H groups in total. The quantitative estimate of drug-likeness (QED) is 0.834. The van der Waals surface area contributed by atoms with Crippen molar-refractivity contribution in [2.75, 3.05) is 13.7 Å². The number of hydrogen-bond acceptors (Lipinski definition) is 5. The minimum Gasteiger partial charge on any atom is -0.485 e. The van der Waals surface area contributed by atoms with Gasteiger partial charge in [0.2, 0.25) is 5.60 Å². The first-order valence-electron chi connectivity index (χ1n) is 6.23. The molecule has 0 aromatic heterocycles. The molecule has 0 spiro atoms. The van der Waals surface area contributed by atoms with Crippen molar-refractivity contribution in [1.82, 2.24) is 0 Å². The Morgan fingerprint density at radius 2 is 2.26 bits per heavy atom. The molecule has 1 aliphatic heterocycles. The summed E-state index contributed by atoms with van der Waals surface area (Å²) in [5, 5.41) is 0. The van der Waals surface area contributed by atoms with Crippen LogP contribution in [0.25, 0.3) is 0 Å². The highest BCUT2D eigenvalue weighted by Crippen LogP contribution is 2.36. The standard InChI is InChI=1S/C14H19NO4/c1-9(15)6-10-4-5-11-12(7-10)18-8-14(2,19-11)13(16)17-3/h4-5,7,9H,6,8,15H2,1-3H3. The maximum atomic E-state index is 11.7. The van der Waals surface area contributed by atoms with Crippen LogP contribution in [0.1, 0.15) is 19.4 Å². The third-order valence-corrected chi connectivity index (χ3v) is 3.02. The predicted molar refractivity (Wildman–Crippen MR) is 70.3 cm³/mol. The molecule has 1 aromatic carbocycles. The topological polar surface area (TPSA) is 70.8 Å². The maximum absolute atomic E-state index is 11.7. The van der Waals surface area contributed by atoms with Crippen LogP contribution in [0.3, 0.4) is 0 Å². The van der Waals surface area contributed by atoms with E-state index in [0.29, 0.717) is 11.5 Å². The summed E-state index contributed by atoms with van der Waals surface area (Å²) in [6, 6.07) is 5.71. The highest BCUT2D eigenvalue weighted by atomic mass is 16.6. The number of rotatable bonds is 3. The van der Waals surface area contributed by atoms with Crippen LogP contribution in [0, 0.1) is 0 Å². The average molecular weight is 265 g/mol. The van der Waals surface area contributed by atoms with E-state index in [-0.39, 0.29) is 12.6 Å². The second kappa shape index (κ2) is 5.09. The molecule has 0 saturated heterocycles. The van der Waals surface area contributed by atoms with Gasteiger partial charge in [0.15, 0.2) is 11.5 Å². The highest BCUT2D eigenvalue weighted by molar-refractivity contribution is 5.80. The molecule has 5 nitrogen and oxygen atoms in total. The van der Waals surface area contributed by atoms with Gasteiger partial charge in [-0.25, -0.2) is 4.79 Å². The molecule has 1 aromatic rings. The smallest absolute Gasteiger partial charge is 0.353 e. The van der Waals surface area contributed by atoms with Gasteiger partial charge in [0.05, 0.1) is 7.11 Å². The van der Waals surface area contributed by atoms with Gasteiger partial charge in [0.25, 0.3) is 0 Å². The second-order valence-corrected chi connectivity index (χ2v) is 5.08. The first kappa shape index (κ1) is 13.7. The Balaban J connectivity index is 2.21. The van der Waals surface area contributed by atoms with Gasteiger partial charge in [-0.1, -0.05) is 6.07 Å². The normalized spacial score (nSPS) is 22.7. The van der Waals surface area contributed by atoms with Crippen LogP contribution in [0.2, 0.25) is 0 Å². The summed E-state index contributed by atoms with van der Waals surface area (Å²) < 4.78 is 16.0. The molecule has 0 saturated carbocycles. The first-order chi connectivity index (χ1) is 8.94. The number of benzene rings is 1. The van der Waals surface area contributed by atoms with Gasteiger partial charge in [0, 0.05) is 6.04 Å². The van der Waals surface area contributed by atoms with Crippen molar-refractivity contribution in [2.45, 2.75) is 31.9 Å². The van der Waals surface area contributed by atoms with Crippen molar-refractivity contribution >= 4 is 5.97 Å². The number of carbonyl (C=O) groups is 1. The van der Waals surface area contributed by atoms with E-state index in [1.807, 2.05) is 19.1 Å². The molecule has 0 radical (unpaired) electrons. The second-order valence-electron chi connectivity index (χ2n) is 5.08. The zero-order valence-electron chi connectivity index (χ0n) is 11.4. The Kier molecular flexibility index (Phi) is 3.66. The summed E-state index contributed by atoms with van der Waals surface area (Å²) >= 11 is 0. The number of methoxy groups -OCH3 is 1. The summed E-state index contributed by atoms with van der Waals surface area (Å²) in [6.45, 7) is 3.73. The molecule has 104 valence electrons. The van der Waals surface area contributed by atoms with E-state index in [0.717, 1.165) is 12.0 Å². The third-order valence-electron chi connectivity index (χ3n) is 3.02.